The Balaban J connectivity index is 2.13. The maximum absolute atomic E-state index is 5.59. The first kappa shape index (κ1) is 13.9. The predicted octanol–water partition coefficient (Wildman–Crippen LogP) is 2.67. The molecule has 0 saturated carbocycles. The van der Waals surface area contributed by atoms with Crippen LogP contribution in [0.4, 0.5) is 0 Å². The smallest absolute Gasteiger partial charge is 0.237 e. The van der Waals surface area contributed by atoms with Crippen molar-refractivity contribution in [2.24, 2.45) is 5.73 Å². The largest absolute Gasteiger partial charge is 0.476 e. The van der Waals surface area contributed by atoms with E-state index >= 15 is 0 Å². The van der Waals surface area contributed by atoms with Crippen LogP contribution in [0.5, 0.6) is 5.88 Å². The molecule has 1 heterocycles. The normalized spacial score (nSPS) is 10.5. The van der Waals surface area contributed by atoms with Gasteiger partial charge in [-0.25, -0.2) is 0 Å². The molecule has 0 spiro atoms. The van der Waals surface area contributed by atoms with Gasteiger partial charge in [-0.2, -0.15) is 5.10 Å². The molecule has 4 nitrogen and oxygen atoms in total. The van der Waals surface area contributed by atoms with E-state index < -0.39 is 0 Å². The molecule has 0 saturated heterocycles. The van der Waals surface area contributed by atoms with E-state index in [2.05, 4.69) is 17.1 Å². The maximum Gasteiger partial charge on any atom is 0.237 e. The molecule has 0 bridgehead atoms. The van der Waals surface area contributed by atoms with E-state index in [0.29, 0.717) is 19.0 Å². The second-order valence-corrected chi connectivity index (χ2v) is 4.18. The summed E-state index contributed by atoms with van der Waals surface area (Å²) in [4.78, 5) is 0. The Hall–Kier alpha value is -1.16. The number of ether oxygens (including phenoxy) is 1. The highest BCUT2D eigenvalue weighted by Gasteiger charge is 2.02. The molecule has 0 aliphatic rings. The standard InChI is InChI=1S/C13H23N3O/c1-2-3-4-5-6-7-10-17-13-12(11-14)8-9-15-16-13/h8-9H,2-7,10-11,14H2,1H3. The minimum atomic E-state index is 0.446. The quantitative estimate of drug-likeness (QED) is 0.671. The fraction of sp³-hybridized carbons (Fsp3) is 0.692. The summed E-state index contributed by atoms with van der Waals surface area (Å²) in [6.45, 7) is 3.38. The summed E-state index contributed by atoms with van der Waals surface area (Å²) in [5.41, 5.74) is 6.51. The summed E-state index contributed by atoms with van der Waals surface area (Å²) in [6.07, 6.45) is 9.18. The Labute approximate surface area is 104 Å². The summed E-state index contributed by atoms with van der Waals surface area (Å²) in [5.74, 6) is 0.587. The van der Waals surface area contributed by atoms with Crippen LogP contribution in [0.15, 0.2) is 12.3 Å². The van der Waals surface area contributed by atoms with Crippen molar-refractivity contribution in [1.29, 1.82) is 0 Å². The first-order valence-corrected chi connectivity index (χ1v) is 6.52. The number of hydrogen-bond acceptors (Lipinski definition) is 4. The van der Waals surface area contributed by atoms with Crippen molar-refractivity contribution in [2.75, 3.05) is 6.61 Å². The van der Waals surface area contributed by atoms with Crippen molar-refractivity contribution >= 4 is 0 Å². The van der Waals surface area contributed by atoms with Gasteiger partial charge in [0.25, 0.3) is 0 Å². The second kappa shape index (κ2) is 8.93. The molecule has 2 N–H and O–H groups in total. The van der Waals surface area contributed by atoms with Crippen molar-refractivity contribution in [3.8, 4) is 5.88 Å². The molecule has 0 unspecified atom stereocenters. The van der Waals surface area contributed by atoms with E-state index in [1.54, 1.807) is 6.20 Å². The van der Waals surface area contributed by atoms with Gasteiger partial charge in [-0.1, -0.05) is 39.0 Å². The summed E-state index contributed by atoms with van der Waals surface area (Å²) in [6, 6.07) is 1.85. The molecular formula is C13H23N3O. The fourth-order valence-electron chi connectivity index (χ4n) is 1.67. The Morgan fingerprint density at radius 3 is 2.71 bits per heavy atom. The van der Waals surface area contributed by atoms with E-state index in [1.165, 1.54) is 32.1 Å². The van der Waals surface area contributed by atoms with Crippen LogP contribution in [0.1, 0.15) is 51.0 Å². The van der Waals surface area contributed by atoms with Crippen molar-refractivity contribution < 1.29 is 4.74 Å². The lowest BCUT2D eigenvalue weighted by Gasteiger charge is -2.07. The Bertz CT molecular complexity index is 304. The molecular weight excluding hydrogens is 214 g/mol. The third kappa shape index (κ3) is 5.63. The monoisotopic (exact) mass is 237 g/mol. The lowest BCUT2D eigenvalue weighted by atomic mass is 10.1. The first-order valence-electron chi connectivity index (χ1n) is 6.52. The van der Waals surface area contributed by atoms with E-state index in [9.17, 15) is 0 Å². The third-order valence-corrected chi connectivity index (χ3v) is 2.72. The van der Waals surface area contributed by atoms with Crippen LogP contribution in [0, 0.1) is 0 Å². The highest BCUT2D eigenvalue weighted by molar-refractivity contribution is 5.22. The zero-order chi connectivity index (χ0) is 12.3. The minimum Gasteiger partial charge on any atom is -0.476 e. The topological polar surface area (TPSA) is 61.0 Å². The van der Waals surface area contributed by atoms with Gasteiger partial charge in [-0.15, -0.1) is 5.10 Å². The van der Waals surface area contributed by atoms with Crippen molar-refractivity contribution in [3.63, 3.8) is 0 Å². The predicted molar refractivity (Wildman–Crippen MR) is 68.8 cm³/mol. The van der Waals surface area contributed by atoms with Crippen LogP contribution >= 0.6 is 0 Å². The molecule has 0 amide bonds. The van der Waals surface area contributed by atoms with Crippen LogP contribution in [0.2, 0.25) is 0 Å². The molecule has 96 valence electrons. The molecule has 0 aromatic carbocycles. The summed E-state index contributed by atoms with van der Waals surface area (Å²) in [5, 5.41) is 7.75. The Morgan fingerprint density at radius 1 is 1.18 bits per heavy atom. The molecule has 0 fully saturated rings. The number of aromatic nitrogens is 2. The lowest BCUT2D eigenvalue weighted by molar-refractivity contribution is 0.286. The highest BCUT2D eigenvalue weighted by atomic mass is 16.5. The molecule has 0 radical (unpaired) electrons. The summed E-state index contributed by atoms with van der Waals surface area (Å²) < 4.78 is 5.58. The van der Waals surface area contributed by atoms with Crippen molar-refractivity contribution in [1.82, 2.24) is 10.2 Å². The summed E-state index contributed by atoms with van der Waals surface area (Å²) in [7, 11) is 0. The zero-order valence-corrected chi connectivity index (χ0v) is 10.7. The van der Waals surface area contributed by atoms with Gasteiger partial charge in [0.2, 0.25) is 5.88 Å². The van der Waals surface area contributed by atoms with Gasteiger partial charge in [0.1, 0.15) is 0 Å². The highest BCUT2D eigenvalue weighted by Crippen LogP contribution is 2.13. The Kier molecular flexibility index (Phi) is 7.30. The summed E-state index contributed by atoms with van der Waals surface area (Å²) >= 11 is 0. The minimum absolute atomic E-state index is 0.446. The fourth-order valence-corrected chi connectivity index (χ4v) is 1.67. The van der Waals surface area contributed by atoms with Gasteiger partial charge >= 0.3 is 0 Å². The third-order valence-electron chi connectivity index (χ3n) is 2.72. The van der Waals surface area contributed by atoms with Gasteiger partial charge in [0, 0.05) is 12.1 Å². The van der Waals surface area contributed by atoms with E-state index in [1.807, 2.05) is 6.07 Å². The second-order valence-electron chi connectivity index (χ2n) is 4.18. The Morgan fingerprint density at radius 2 is 1.94 bits per heavy atom. The number of nitrogens with zero attached hydrogens (tertiary/aromatic N) is 2. The first-order chi connectivity index (χ1) is 8.38. The zero-order valence-electron chi connectivity index (χ0n) is 10.7. The number of hydrogen-bond donors (Lipinski definition) is 1. The van der Waals surface area contributed by atoms with Crippen molar-refractivity contribution in [3.05, 3.63) is 17.8 Å². The molecule has 4 heteroatoms. The molecule has 1 rings (SSSR count). The molecule has 17 heavy (non-hydrogen) atoms. The lowest BCUT2D eigenvalue weighted by Crippen LogP contribution is -2.06. The van der Waals surface area contributed by atoms with Crippen LogP contribution in [-0.4, -0.2) is 16.8 Å². The van der Waals surface area contributed by atoms with Crippen molar-refractivity contribution in [2.45, 2.75) is 52.0 Å². The van der Waals surface area contributed by atoms with E-state index in [4.69, 9.17) is 10.5 Å². The van der Waals surface area contributed by atoms with Gasteiger partial charge < -0.3 is 10.5 Å². The van der Waals surface area contributed by atoms with Gasteiger partial charge in [-0.3, -0.25) is 0 Å². The van der Waals surface area contributed by atoms with Crippen LogP contribution in [0.3, 0.4) is 0 Å². The van der Waals surface area contributed by atoms with Crippen LogP contribution in [-0.2, 0) is 6.54 Å². The molecule has 0 aliphatic carbocycles. The molecule has 0 aliphatic heterocycles. The van der Waals surface area contributed by atoms with Gasteiger partial charge in [0.05, 0.1) is 12.8 Å². The maximum atomic E-state index is 5.59. The number of nitrogens with two attached hydrogens (primary N) is 1. The molecule has 0 atom stereocenters. The molecule has 1 aromatic heterocycles. The van der Waals surface area contributed by atoms with E-state index in [0.717, 1.165) is 12.0 Å². The van der Waals surface area contributed by atoms with Crippen LogP contribution < -0.4 is 10.5 Å². The average molecular weight is 237 g/mol. The average Bonchev–Trinajstić information content (AvgIpc) is 2.38. The molecule has 1 aromatic rings. The van der Waals surface area contributed by atoms with Gasteiger partial charge in [-0.05, 0) is 12.5 Å². The van der Waals surface area contributed by atoms with Crippen LogP contribution in [0.25, 0.3) is 0 Å². The number of rotatable bonds is 9. The van der Waals surface area contributed by atoms with Gasteiger partial charge in [0.15, 0.2) is 0 Å². The SMILES string of the molecule is CCCCCCCCOc1nnccc1CN. The van der Waals surface area contributed by atoms with E-state index in [-0.39, 0.29) is 0 Å². The number of unbranched alkanes of at least 4 members (excludes halogenated alkanes) is 5.